The van der Waals surface area contributed by atoms with E-state index in [4.69, 9.17) is 9.47 Å². The molecule has 0 saturated heterocycles. The molecule has 3 rings (SSSR count). The number of aromatic nitrogens is 2. The number of rotatable bonds is 11. The second kappa shape index (κ2) is 12.3. The first kappa shape index (κ1) is 26.8. The molecule has 0 fully saturated rings. The van der Waals surface area contributed by atoms with Crippen molar-refractivity contribution >= 4 is 38.5 Å². The summed E-state index contributed by atoms with van der Waals surface area (Å²) < 4.78 is 38.9. The van der Waals surface area contributed by atoms with Crippen molar-refractivity contribution in [1.29, 1.82) is 5.26 Å². The van der Waals surface area contributed by atoms with Gasteiger partial charge in [0.1, 0.15) is 23.1 Å². The normalized spacial score (nSPS) is 11.6. The third-order valence-electron chi connectivity index (χ3n) is 4.86. The minimum atomic E-state index is -3.58. The molecule has 0 aliphatic carbocycles. The van der Waals surface area contributed by atoms with Gasteiger partial charge in [0.05, 0.1) is 19.0 Å². The van der Waals surface area contributed by atoms with Crippen molar-refractivity contribution in [3.05, 3.63) is 64.7 Å². The fourth-order valence-electron chi connectivity index (χ4n) is 3.11. The standard InChI is InChI=1S/C25H26N4O5S2/c1-4-36(31,32)25-28-24(35-29-25)27-23(30)20(16-26)15-19-6-8-21(9-7-19)33-10-5-11-34-22-13-17(2)12-18(3)14-22/h6-9,12-15H,4-5,10-11H2,1-3H3,(H,27,28,29,30). The highest BCUT2D eigenvalue weighted by Crippen LogP contribution is 2.19. The lowest BCUT2D eigenvalue weighted by Crippen LogP contribution is -2.13. The van der Waals surface area contributed by atoms with Crippen molar-refractivity contribution in [2.45, 2.75) is 32.3 Å². The number of carbonyl (C=O) groups is 1. The van der Waals surface area contributed by atoms with Gasteiger partial charge in [-0.2, -0.15) is 14.6 Å². The predicted octanol–water partition coefficient (Wildman–Crippen LogP) is 4.34. The number of ether oxygens (including phenoxy) is 2. The Morgan fingerprint density at radius 1 is 1.08 bits per heavy atom. The lowest BCUT2D eigenvalue weighted by molar-refractivity contribution is -0.112. The molecular formula is C25H26N4O5S2. The third-order valence-corrected chi connectivity index (χ3v) is 7.11. The number of anilines is 1. The van der Waals surface area contributed by atoms with Crippen molar-refractivity contribution in [3.8, 4) is 17.6 Å². The molecule has 36 heavy (non-hydrogen) atoms. The van der Waals surface area contributed by atoms with Gasteiger partial charge in [-0.1, -0.05) is 25.1 Å². The molecule has 0 saturated carbocycles. The Hall–Kier alpha value is -3.75. The summed E-state index contributed by atoms with van der Waals surface area (Å²) in [5.41, 5.74) is 2.77. The zero-order valence-corrected chi connectivity index (χ0v) is 21.8. The van der Waals surface area contributed by atoms with Crippen LogP contribution in [0.3, 0.4) is 0 Å². The Bertz CT molecular complexity index is 1370. The molecule has 3 aromatic rings. The molecule has 188 valence electrons. The number of amides is 1. The molecule has 1 N–H and O–H groups in total. The number of nitrogens with one attached hydrogen (secondary N) is 1. The van der Waals surface area contributed by atoms with Gasteiger partial charge < -0.3 is 9.47 Å². The second-order valence-electron chi connectivity index (χ2n) is 7.85. The van der Waals surface area contributed by atoms with E-state index in [-0.39, 0.29) is 21.6 Å². The molecule has 0 radical (unpaired) electrons. The maximum absolute atomic E-state index is 12.4. The number of nitriles is 1. The van der Waals surface area contributed by atoms with Crippen LogP contribution >= 0.6 is 11.5 Å². The molecule has 1 aromatic heterocycles. The van der Waals surface area contributed by atoms with Gasteiger partial charge in [0.25, 0.3) is 11.1 Å². The van der Waals surface area contributed by atoms with Crippen LogP contribution in [0.4, 0.5) is 5.13 Å². The monoisotopic (exact) mass is 526 g/mol. The topological polar surface area (TPSA) is 131 Å². The van der Waals surface area contributed by atoms with Crippen LogP contribution in [-0.4, -0.2) is 42.6 Å². The number of hydrogen-bond donors (Lipinski definition) is 1. The van der Waals surface area contributed by atoms with Gasteiger partial charge in [-0.05, 0) is 60.9 Å². The predicted molar refractivity (Wildman–Crippen MR) is 138 cm³/mol. The third kappa shape index (κ3) is 7.63. The summed E-state index contributed by atoms with van der Waals surface area (Å²) in [5, 5.41) is 11.5. The van der Waals surface area contributed by atoms with Crippen molar-refractivity contribution < 1.29 is 22.7 Å². The SMILES string of the molecule is CCS(=O)(=O)c1nsc(NC(=O)C(C#N)=Cc2ccc(OCCCOc3cc(C)cc(C)c3)cc2)n1. The Labute approximate surface area is 214 Å². The highest BCUT2D eigenvalue weighted by atomic mass is 32.2. The van der Waals surface area contributed by atoms with E-state index < -0.39 is 15.7 Å². The van der Waals surface area contributed by atoms with Crippen molar-refractivity contribution in [3.63, 3.8) is 0 Å². The van der Waals surface area contributed by atoms with Crippen LogP contribution < -0.4 is 14.8 Å². The van der Waals surface area contributed by atoms with Crippen molar-refractivity contribution in [2.75, 3.05) is 24.3 Å². The maximum Gasteiger partial charge on any atom is 0.268 e. The summed E-state index contributed by atoms with van der Waals surface area (Å²) >= 11 is 0.733. The quantitative estimate of drug-likeness (QED) is 0.222. The molecule has 1 amide bonds. The fraction of sp³-hybridized carbons (Fsp3) is 0.280. The first-order valence-corrected chi connectivity index (χ1v) is 13.6. The Morgan fingerprint density at radius 2 is 1.72 bits per heavy atom. The van der Waals surface area contributed by atoms with E-state index in [2.05, 4.69) is 20.7 Å². The summed E-state index contributed by atoms with van der Waals surface area (Å²) in [6.07, 6.45) is 2.13. The number of hydrogen-bond acceptors (Lipinski definition) is 9. The summed E-state index contributed by atoms with van der Waals surface area (Å²) in [6.45, 7) is 6.55. The number of benzene rings is 2. The number of carbonyl (C=O) groups excluding carboxylic acids is 1. The molecule has 2 aromatic carbocycles. The summed E-state index contributed by atoms with van der Waals surface area (Å²) in [7, 11) is -3.58. The van der Waals surface area contributed by atoms with Crippen LogP contribution in [0.2, 0.25) is 0 Å². The lowest BCUT2D eigenvalue weighted by atomic mass is 10.1. The van der Waals surface area contributed by atoms with Crippen LogP contribution in [0.5, 0.6) is 11.5 Å². The smallest absolute Gasteiger partial charge is 0.268 e. The number of sulfone groups is 1. The molecule has 0 aliphatic heterocycles. The van der Waals surface area contributed by atoms with Gasteiger partial charge >= 0.3 is 0 Å². The molecular weight excluding hydrogens is 500 g/mol. The van der Waals surface area contributed by atoms with E-state index >= 15 is 0 Å². The van der Waals surface area contributed by atoms with E-state index in [9.17, 15) is 18.5 Å². The highest BCUT2D eigenvalue weighted by Gasteiger charge is 2.20. The molecule has 1 heterocycles. The molecule has 0 unspecified atom stereocenters. The first-order valence-electron chi connectivity index (χ1n) is 11.1. The molecule has 11 heteroatoms. The molecule has 0 aliphatic rings. The minimum Gasteiger partial charge on any atom is -0.493 e. The average molecular weight is 527 g/mol. The second-order valence-corrected chi connectivity index (χ2v) is 10.8. The Balaban J connectivity index is 1.50. The van der Waals surface area contributed by atoms with Gasteiger partial charge in [-0.25, -0.2) is 8.42 Å². The van der Waals surface area contributed by atoms with Crippen LogP contribution in [0, 0.1) is 25.2 Å². The highest BCUT2D eigenvalue weighted by molar-refractivity contribution is 7.91. The van der Waals surface area contributed by atoms with Gasteiger partial charge in [0.15, 0.2) is 0 Å². The van der Waals surface area contributed by atoms with Gasteiger partial charge in [-0.15, -0.1) is 0 Å². The number of aryl methyl sites for hydroxylation is 2. The van der Waals surface area contributed by atoms with E-state index in [1.165, 1.54) is 13.0 Å². The van der Waals surface area contributed by atoms with E-state index in [1.54, 1.807) is 24.3 Å². The van der Waals surface area contributed by atoms with Crippen LogP contribution in [0.15, 0.2) is 53.2 Å². The zero-order valence-electron chi connectivity index (χ0n) is 20.1. The van der Waals surface area contributed by atoms with E-state index in [1.807, 2.05) is 32.0 Å². The van der Waals surface area contributed by atoms with Crippen LogP contribution in [0.1, 0.15) is 30.0 Å². The first-order chi connectivity index (χ1) is 17.2. The molecule has 0 spiro atoms. The molecule has 9 nitrogen and oxygen atoms in total. The maximum atomic E-state index is 12.4. The molecule has 0 atom stereocenters. The summed E-state index contributed by atoms with van der Waals surface area (Å²) in [4.78, 5) is 16.3. The Kier molecular flexibility index (Phi) is 9.16. The fourth-order valence-corrected chi connectivity index (χ4v) is 4.69. The summed E-state index contributed by atoms with van der Waals surface area (Å²) in [5.74, 6) is 0.637. The zero-order chi connectivity index (χ0) is 26.1. The number of nitrogens with zero attached hydrogens (tertiary/aromatic N) is 3. The Morgan fingerprint density at radius 3 is 2.33 bits per heavy atom. The van der Waals surface area contributed by atoms with Gasteiger partial charge in [-0.3, -0.25) is 10.1 Å². The minimum absolute atomic E-state index is 0.00145. The van der Waals surface area contributed by atoms with E-state index in [0.717, 1.165) is 28.4 Å². The largest absolute Gasteiger partial charge is 0.493 e. The van der Waals surface area contributed by atoms with Crippen LogP contribution in [-0.2, 0) is 14.6 Å². The van der Waals surface area contributed by atoms with Gasteiger partial charge in [0.2, 0.25) is 15.0 Å². The van der Waals surface area contributed by atoms with Crippen molar-refractivity contribution in [1.82, 2.24) is 9.36 Å². The summed E-state index contributed by atoms with van der Waals surface area (Å²) in [6, 6.07) is 14.9. The van der Waals surface area contributed by atoms with Crippen LogP contribution in [0.25, 0.3) is 6.08 Å². The average Bonchev–Trinajstić information content (AvgIpc) is 3.32. The lowest BCUT2D eigenvalue weighted by Gasteiger charge is -2.09. The van der Waals surface area contributed by atoms with Gasteiger partial charge in [0, 0.05) is 18.0 Å². The van der Waals surface area contributed by atoms with E-state index in [0.29, 0.717) is 30.9 Å². The van der Waals surface area contributed by atoms with Crippen molar-refractivity contribution in [2.24, 2.45) is 0 Å². The molecule has 0 bridgehead atoms.